The largest absolute Gasteiger partial charge is 0.496 e. The molecule has 0 unspecified atom stereocenters. The highest BCUT2D eigenvalue weighted by Gasteiger charge is 2.05. The molecule has 0 fully saturated rings. The van der Waals surface area contributed by atoms with Crippen LogP contribution >= 0.6 is 0 Å². The molecule has 0 aliphatic carbocycles. The van der Waals surface area contributed by atoms with E-state index in [1.165, 1.54) is 19.2 Å². The molecule has 12 heavy (non-hydrogen) atoms. The second-order valence-electron chi connectivity index (χ2n) is 2.33. The number of carboxylic acid groups (broad SMARTS) is 1. The molecule has 1 N–H and O–H groups in total. The molecule has 0 saturated carbocycles. The molecule has 3 nitrogen and oxygen atoms in total. The summed E-state index contributed by atoms with van der Waals surface area (Å²) in [7, 11) is 1.48. The summed E-state index contributed by atoms with van der Waals surface area (Å²) >= 11 is 0. The summed E-state index contributed by atoms with van der Waals surface area (Å²) < 4.78 is 4.91. The van der Waals surface area contributed by atoms with Gasteiger partial charge < -0.3 is 9.84 Å². The van der Waals surface area contributed by atoms with Gasteiger partial charge in [0.1, 0.15) is 5.75 Å². The zero-order valence-corrected chi connectivity index (χ0v) is 6.70. The van der Waals surface area contributed by atoms with Crippen molar-refractivity contribution in [3.63, 3.8) is 0 Å². The lowest BCUT2D eigenvalue weighted by atomic mass is 10.1. The average Bonchev–Trinajstić information content (AvgIpc) is 2.05. The number of benzene rings is 1. The zero-order valence-electron chi connectivity index (χ0n) is 6.70. The highest BCUT2D eigenvalue weighted by Crippen LogP contribution is 2.18. The van der Waals surface area contributed by atoms with E-state index in [9.17, 15) is 4.79 Å². The second kappa shape index (κ2) is 3.26. The monoisotopic (exact) mass is 165 g/mol. The molecule has 0 heterocycles. The molecule has 0 aliphatic heterocycles. The van der Waals surface area contributed by atoms with Crippen LogP contribution in [0.15, 0.2) is 18.2 Å². The lowest BCUT2D eigenvalue weighted by molar-refractivity contribution is 0.0696. The molecule has 1 aromatic carbocycles. The van der Waals surface area contributed by atoms with Gasteiger partial charge in [-0.05, 0) is 24.6 Å². The van der Waals surface area contributed by atoms with Crippen LogP contribution in [0.4, 0.5) is 0 Å². The average molecular weight is 165 g/mol. The lowest BCUT2D eigenvalue weighted by Gasteiger charge is -2.04. The predicted octanol–water partition coefficient (Wildman–Crippen LogP) is 1.58. The molecule has 0 atom stereocenters. The van der Waals surface area contributed by atoms with Crippen LogP contribution in [-0.4, -0.2) is 18.2 Å². The maximum atomic E-state index is 10.5. The number of methoxy groups -OCH3 is 1. The number of carboxylic acids is 1. The number of carbonyl (C=O) groups is 1. The van der Waals surface area contributed by atoms with Gasteiger partial charge in [-0.15, -0.1) is 0 Å². The number of hydrogen-bond acceptors (Lipinski definition) is 2. The van der Waals surface area contributed by atoms with Crippen LogP contribution in [0.5, 0.6) is 5.75 Å². The van der Waals surface area contributed by atoms with Gasteiger partial charge in [0.15, 0.2) is 0 Å². The van der Waals surface area contributed by atoms with Gasteiger partial charge in [-0.3, -0.25) is 0 Å². The van der Waals surface area contributed by atoms with Crippen molar-refractivity contribution in [3.05, 3.63) is 36.2 Å². The van der Waals surface area contributed by atoms with Gasteiger partial charge >= 0.3 is 5.97 Å². The number of ether oxygens (including phenoxy) is 1. The molecule has 1 rings (SSSR count). The molecule has 63 valence electrons. The minimum Gasteiger partial charge on any atom is -0.496 e. The Hall–Kier alpha value is -1.51. The number of rotatable bonds is 2. The van der Waals surface area contributed by atoms with Gasteiger partial charge in [-0.1, -0.05) is 6.07 Å². The molecule has 1 aromatic rings. The molecule has 0 aliphatic rings. The van der Waals surface area contributed by atoms with Crippen molar-refractivity contribution in [3.8, 4) is 5.75 Å². The highest BCUT2D eigenvalue weighted by molar-refractivity contribution is 5.88. The Labute approximate surface area is 70.6 Å². The Morgan fingerprint density at radius 3 is 2.75 bits per heavy atom. The van der Waals surface area contributed by atoms with E-state index in [0.29, 0.717) is 11.3 Å². The van der Waals surface area contributed by atoms with Gasteiger partial charge in [0, 0.05) is 0 Å². The maximum absolute atomic E-state index is 10.5. The van der Waals surface area contributed by atoms with Gasteiger partial charge in [0.05, 0.1) is 12.7 Å². The third kappa shape index (κ3) is 1.56. The van der Waals surface area contributed by atoms with E-state index in [1.807, 2.05) is 0 Å². The van der Waals surface area contributed by atoms with Crippen molar-refractivity contribution < 1.29 is 14.6 Å². The first-order chi connectivity index (χ1) is 5.65. The topological polar surface area (TPSA) is 46.5 Å². The molecule has 1 radical (unpaired) electrons. The summed E-state index contributed by atoms with van der Waals surface area (Å²) in [5.74, 6) is -0.469. The third-order valence-electron chi connectivity index (χ3n) is 1.53. The van der Waals surface area contributed by atoms with Gasteiger partial charge in [0.2, 0.25) is 0 Å². The first-order valence-electron chi connectivity index (χ1n) is 3.38. The van der Waals surface area contributed by atoms with Gasteiger partial charge in [0.25, 0.3) is 0 Å². The Morgan fingerprint density at radius 2 is 2.25 bits per heavy atom. The van der Waals surface area contributed by atoms with Crippen LogP contribution in [0, 0.1) is 6.92 Å². The summed E-state index contributed by atoms with van der Waals surface area (Å²) in [4.78, 5) is 10.5. The summed E-state index contributed by atoms with van der Waals surface area (Å²) in [6.45, 7) is 3.67. The van der Waals surface area contributed by atoms with Crippen LogP contribution in [0.1, 0.15) is 15.9 Å². The SMILES string of the molecule is [CH2]c1ccc(C(=O)O)cc1OC. The van der Waals surface area contributed by atoms with Gasteiger partial charge in [-0.25, -0.2) is 4.79 Å². The first kappa shape index (κ1) is 8.59. The molecular weight excluding hydrogens is 156 g/mol. The van der Waals surface area contributed by atoms with Crippen LogP contribution < -0.4 is 4.74 Å². The highest BCUT2D eigenvalue weighted by atomic mass is 16.5. The van der Waals surface area contributed by atoms with Crippen LogP contribution in [0.3, 0.4) is 0 Å². The Bertz CT molecular complexity index is 305. The fraction of sp³-hybridized carbons (Fsp3) is 0.111. The maximum Gasteiger partial charge on any atom is 0.335 e. The number of hydrogen-bond donors (Lipinski definition) is 1. The Balaban J connectivity index is 3.13. The second-order valence-corrected chi connectivity index (χ2v) is 2.33. The van der Waals surface area contributed by atoms with Crippen molar-refractivity contribution in [2.45, 2.75) is 0 Å². The van der Waals surface area contributed by atoms with E-state index in [-0.39, 0.29) is 5.56 Å². The number of aromatic carboxylic acids is 1. The van der Waals surface area contributed by atoms with E-state index in [2.05, 4.69) is 6.92 Å². The predicted molar refractivity (Wildman–Crippen MR) is 44.4 cm³/mol. The molecule has 0 spiro atoms. The van der Waals surface area contributed by atoms with Crippen molar-refractivity contribution in [2.75, 3.05) is 7.11 Å². The van der Waals surface area contributed by atoms with E-state index in [1.54, 1.807) is 6.07 Å². The zero-order chi connectivity index (χ0) is 9.14. The minimum absolute atomic E-state index is 0.208. The third-order valence-corrected chi connectivity index (χ3v) is 1.53. The lowest BCUT2D eigenvalue weighted by Crippen LogP contribution is -1.97. The van der Waals surface area contributed by atoms with Crippen molar-refractivity contribution in [1.82, 2.24) is 0 Å². The smallest absolute Gasteiger partial charge is 0.335 e. The van der Waals surface area contributed by atoms with Crippen molar-refractivity contribution in [1.29, 1.82) is 0 Å². The minimum atomic E-state index is -0.965. The van der Waals surface area contributed by atoms with Crippen LogP contribution in [0.2, 0.25) is 0 Å². The Morgan fingerprint density at radius 1 is 1.58 bits per heavy atom. The molecule has 0 amide bonds. The van der Waals surface area contributed by atoms with Crippen molar-refractivity contribution in [2.24, 2.45) is 0 Å². The summed E-state index contributed by atoms with van der Waals surface area (Å²) in [6, 6.07) is 4.56. The molecular formula is C9H9O3. The summed E-state index contributed by atoms with van der Waals surface area (Å²) in [6.07, 6.45) is 0. The normalized spacial score (nSPS) is 9.50. The van der Waals surface area contributed by atoms with E-state index < -0.39 is 5.97 Å². The Kier molecular flexibility index (Phi) is 2.33. The van der Waals surface area contributed by atoms with Crippen LogP contribution in [0.25, 0.3) is 0 Å². The van der Waals surface area contributed by atoms with E-state index in [4.69, 9.17) is 9.84 Å². The summed E-state index contributed by atoms with van der Waals surface area (Å²) in [5.41, 5.74) is 0.891. The fourth-order valence-corrected chi connectivity index (χ4v) is 0.878. The van der Waals surface area contributed by atoms with Crippen molar-refractivity contribution >= 4 is 5.97 Å². The standard InChI is InChI=1S/C9H9O3/c1-6-3-4-7(9(10)11)5-8(6)12-2/h3-5H,1H2,2H3,(H,10,11). The first-order valence-corrected chi connectivity index (χ1v) is 3.38. The molecule has 3 heteroatoms. The van der Waals surface area contributed by atoms with E-state index >= 15 is 0 Å². The summed E-state index contributed by atoms with van der Waals surface area (Å²) in [5, 5.41) is 8.62. The molecule has 0 bridgehead atoms. The van der Waals surface area contributed by atoms with Gasteiger partial charge in [-0.2, -0.15) is 0 Å². The quantitative estimate of drug-likeness (QED) is 0.723. The fourth-order valence-electron chi connectivity index (χ4n) is 0.878. The molecule has 0 saturated heterocycles. The van der Waals surface area contributed by atoms with Crippen LogP contribution in [-0.2, 0) is 0 Å². The molecule has 0 aromatic heterocycles. The van der Waals surface area contributed by atoms with E-state index in [0.717, 1.165) is 0 Å².